The van der Waals surface area contributed by atoms with E-state index in [-0.39, 0.29) is 30.3 Å². The fourth-order valence-electron chi connectivity index (χ4n) is 1.52. The fraction of sp³-hybridized carbons (Fsp3) is 0.800. The molecule has 8 heteroatoms. The Labute approximate surface area is 102 Å². The van der Waals surface area contributed by atoms with Crippen LogP contribution in [0.25, 0.3) is 0 Å². The highest BCUT2D eigenvalue weighted by Crippen LogP contribution is 2.21. The molecule has 5 nitrogen and oxygen atoms in total. The fourth-order valence-corrected chi connectivity index (χ4v) is 1.52. The Bertz CT molecular complexity index is 401. The van der Waals surface area contributed by atoms with E-state index < -0.39 is 12.6 Å². The lowest BCUT2D eigenvalue weighted by molar-refractivity contribution is -0.134. The molecule has 0 bridgehead atoms. The standard InChI is InChI=1S/C10H14F3N3O2/c1-9(5-14-6-9)17-4-8-15-7(16-18-8)2-3-10(11,12)13/h14H,2-6H2,1H3. The van der Waals surface area contributed by atoms with Gasteiger partial charge < -0.3 is 14.6 Å². The summed E-state index contributed by atoms with van der Waals surface area (Å²) in [6.07, 6.45) is -5.43. The van der Waals surface area contributed by atoms with E-state index in [0.717, 1.165) is 13.1 Å². The Hall–Kier alpha value is -1.15. The molecule has 1 fully saturated rings. The molecule has 0 amide bonds. The van der Waals surface area contributed by atoms with E-state index in [0.29, 0.717) is 0 Å². The van der Waals surface area contributed by atoms with Gasteiger partial charge >= 0.3 is 6.18 Å². The number of hydrogen-bond donors (Lipinski definition) is 1. The zero-order valence-electron chi connectivity index (χ0n) is 9.88. The van der Waals surface area contributed by atoms with Gasteiger partial charge in [0, 0.05) is 19.5 Å². The van der Waals surface area contributed by atoms with Gasteiger partial charge in [0.05, 0.1) is 12.0 Å². The minimum absolute atomic E-state index is 0.0582. The normalized spacial score (nSPS) is 18.7. The lowest BCUT2D eigenvalue weighted by Crippen LogP contribution is -2.58. The number of halogens is 3. The van der Waals surface area contributed by atoms with Crippen molar-refractivity contribution in [3.05, 3.63) is 11.7 Å². The number of aromatic nitrogens is 2. The first-order valence-electron chi connectivity index (χ1n) is 5.59. The van der Waals surface area contributed by atoms with Crippen molar-refractivity contribution in [1.82, 2.24) is 15.5 Å². The predicted molar refractivity (Wildman–Crippen MR) is 54.7 cm³/mol. The summed E-state index contributed by atoms with van der Waals surface area (Å²) in [5.74, 6) is 0.267. The molecule has 1 aliphatic heterocycles. The first-order valence-corrected chi connectivity index (χ1v) is 5.59. The molecule has 2 rings (SSSR count). The minimum Gasteiger partial charge on any atom is -0.363 e. The van der Waals surface area contributed by atoms with Crippen molar-refractivity contribution in [2.24, 2.45) is 0 Å². The summed E-state index contributed by atoms with van der Waals surface area (Å²) in [7, 11) is 0. The second kappa shape index (κ2) is 4.85. The number of ether oxygens (including phenoxy) is 1. The summed E-state index contributed by atoms with van der Waals surface area (Å²) in [4.78, 5) is 3.85. The molecular weight excluding hydrogens is 251 g/mol. The molecule has 0 unspecified atom stereocenters. The number of nitrogens with one attached hydrogen (secondary N) is 1. The quantitative estimate of drug-likeness (QED) is 0.873. The van der Waals surface area contributed by atoms with E-state index in [4.69, 9.17) is 9.26 Å². The van der Waals surface area contributed by atoms with Crippen molar-refractivity contribution in [1.29, 1.82) is 0 Å². The summed E-state index contributed by atoms with van der Waals surface area (Å²) >= 11 is 0. The van der Waals surface area contributed by atoms with Gasteiger partial charge in [-0.2, -0.15) is 18.2 Å². The number of aryl methyl sites for hydroxylation is 1. The Morgan fingerprint density at radius 2 is 2.17 bits per heavy atom. The highest BCUT2D eigenvalue weighted by molar-refractivity contribution is 4.92. The van der Waals surface area contributed by atoms with Crippen molar-refractivity contribution < 1.29 is 22.4 Å². The largest absolute Gasteiger partial charge is 0.389 e. The van der Waals surface area contributed by atoms with Gasteiger partial charge in [0.2, 0.25) is 0 Å². The summed E-state index contributed by atoms with van der Waals surface area (Å²) < 4.78 is 46.3. The van der Waals surface area contributed by atoms with Crippen molar-refractivity contribution in [3.63, 3.8) is 0 Å². The van der Waals surface area contributed by atoms with E-state index in [1.54, 1.807) is 0 Å². The molecule has 0 radical (unpaired) electrons. The third kappa shape index (κ3) is 3.67. The first kappa shape index (κ1) is 13.3. The average Bonchev–Trinajstić information content (AvgIpc) is 2.68. The van der Waals surface area contributed by atoms with E-state index in [1.807, 2.05) is 6.92 Å². The van der Waals surface area contributed by atoms with Gasteiger partial charge in [0.1, 0.15) is 6.61 Å². The van der Waals surface area contributed by atoms with Crippen LogP contribution in [0.1, 0.15) is 25.1 Å². The van der Waals surface area contributed by atoms with E-state index in [2.05, 4.69) is 15.5 Å². The SMILES string of the molecule is CC1(OCc2nc(CCC(F)(F)F)no2)CNC1. The summed E-state index contributed by atoms with van der Waals surface area (Å²) in [6, 6.07) is 0. The Balaban J connectivity index is 1.79. The van der Waals surface area contributed by atoms with Crippen molar-refractivity contribution in [2.75, 3.05) is 13.1 Å². The zero-order chi connectivity index (χ0) is 13.2. The Morgan fingerprint density at radius 1 is 1.44 bits per heavy atom. The van der Waals surface area contributed by atoms with Crippen molar-refractivity contribution >= 4 is 0 Å². The van der Waals surface area contributed by atoms with E-state index >= 15 is 0 Å². The van der Waals surface area contributed by atoms with Gasteiger partial charge in [0.25, 0.3) is 5.89 Å². The van der Waals surface area contributed by atoms with Crippen LogP contribution >= 0.6 is 0 Å². The maximum atomic E-state index is 12.0. The van der Waals surface area contributed by atoms with Gasteiger partial charge in [-0.05, 0) is 6.92 Å². The van der Waals surface area contributed by atoms with Crippen LogP contribution in [0.15, 0.2) is 4.52 Å². The zero-order valence-corrected chi connectivity index (χ0v) is 9.88. The molecule has 0 aliphatic carbocycles. The van der Waals surface area contributed by atoms with Gasteiger partial charge in [-0.25, -0.2) is 0 Å². The molecule has 1 saturated heterocycles. The molecule has 1 aliphatic rings. The Morgan fingerprint density at radius 3 is 2.72 bits per heavy atom. The van der Waals surface area contributed by atoms with E-state index in [1.165, 1.54) is 0 Å². The smallest absolute Gasteiger partial charge is 0.363 e. The molecular formula is C10H14F3N3O2. The highest BCUT2D eigenvalue weighted by Gasteiger charge is 2.33. The van der Waals surface area contributed by atoms with Gasteiger partial charge in [-0.1, -0.05) is 5.16 Å². The topological polar surface area (TPSA) is 60.2 Å². The average molecular weight is 265 g/mol. The second-order valence-corrected chi connectivity index (χ2v) is 4.56. The van der Waals surface area contributed by atoms with Crippen molar-refractivity contribution in [3.8, 4) is 0 Å². The van der Waals surface area contributed by atoms with Gasteiger partial charge in [0.15, 0.2) is 5.82 Å². The molecule has 0 saturated carbocycles. The van der Waals surface area contributed by atoms with Crippen LogP contribution in [-0.2, 0) is 17.8 Å². The van der Waals surface area contributed by atoms with Crippen molar-refractivity contribution in [2.45, 2.75) is 38.1 Å². The molecule has 0 aromatic carbocycles. The number of rotatable bonds is 5. The highest BCUT2D eigenvalue weighted by atomic mass is 19.4. The van der Waals surface area contributed by atoms with Gasteiger partial charge in [-0.15, -0.1) is 0 Å². The molecule has 1 aromatic heterocycles. The molecule has 0 atom stereocenters. The summed E-state index contributed by atoms with van der Waals surface area (Å²) in [6.45, 7) is 3.53. The molecule has 18 heavy (non-hydrogen) atoms. The summed E-state index contributed by atoms with van der Waals surface area (Å²) in [5, 5.41) is 6.55. The third-order valence-corrected chi connectivity index (χ3v) is 2.68. The predicted octanol–water partition coefficient (Wildman–Crippen LogP) is 1.44. The maximum absolute atomic E-state index is 12.0. The molecule has 1 N–H and O–H groups in total. The van der Waals surface area contributed by atoms with Crippen LogP contribution in [0.4, 0.5) is 13.2 Å². The van der Waals surface area contributed by atoms with Crippen LogP contribution in [0.2, 0.25) is 0 Å². The lowest BCUT2D eigenvalue weighted by Gasteiger charge is -2.38. The van der Waals surface area contributed by atoms with Crippen LogP contribution in [-0.4, -0.2) is 35.0 Å². The first-order chi connectivity index (χ1) is 8.36. The molecule has 0 spiro atoms. The second-order valence-electron chi connectivity index (χ2n) is 4.56. The Kier molecular flexibility index (Phi) is 3.58. The molecule has 1 aromatic rings. The van der Waals surface area contributed by atoms with Gasteiger partial charge in [-0.3, -0.25) is 0 Å². The number of alkyl halides is 3. The number of hydrogen-bond acceptors (Lipinski definition) is 5. The molecule has 102 valence electrons. The van der Waals surface area contributed by atoms with Crippen LogP contribution in [0.5, 0.6) is 0 Å². The lowest BCUT2D eigenvalue weighted by atomic mass is 10.0. The minimum atomic E-state index is -4.21. The number of nitrogens with zero attached hydrogens (tertiary/aromatic N) is 2. The van der Waals surface area contributed by atoms with E-state index in [9.17, 15) is 13.2 Å². The summed E-state index contributed by atoms with van der Waals surface area (Å²) in [5.41, 5.74) is -0.249. The maximum Gasteiger partial charge on any atom is 0.389 e. The monoisotopic (exact) mass is 265 g/mol. The molecule has 2 heterocycles. The van der Waals surface area contributed by atoms with Crippen LogP contribution < -0.4 is 5.32 Å². The van der Waals surface area contributed by atoms with Crippen LogP contribution in [0, 0.1) is 0 Å². The third-order valence-electron chi connectivity index (χ3n) is 2.68. The van der Waals surface area contributed by atoms with Crippen LogP contribution in [0.3, 0.4) is 0 Å².